The van der Waals surface area contributed by atoms with Crippen molar-refractivity contribution in [3.05, 3.63) is 101 Å². The number of amides is 1. The van der Waals surface area contributed by atoms with Gasteiger partial charge in [0.2, 0.25) is 0 Å². The Morgan fingerprint density at radius 3 is 2.58 bits per heavy atom. The van der Waals surface area contributed by atoms with Crippen molar-refractivity contribution >= 4 is 51.9 Å². The molecule has 0 bridgehead atoms. The van der Waals surface area contributed by atoms with E-state index in [0.29, 0.717) is 22.4 Å². The summed E-state index contributed by atoms with van der Waals surface area (Å²) in [4.78, 5) is 24.1. The van der Waals surface area contributed by atoms with E-state index < -0.39 is 0 Å². The van der Waals surface area contributed by atoms with Crippen LogP contribution in [-0.2, 0) is 4.79 Å². The fourth-order valence-electron chi connectivity index (χ4n) is 2.88. The summed E-state index contributed by atoms with van der Waals surface area (Å²) < 4.78 is 5.51. The molecule has 0 aliphatic carbocycles. The van der Waals surface area contributed by atoms with E-state index in [1.165, 1.54) is 11.8 Å². The number of aliphatic imine (C=N–C) groups is 1. The minimum atomic E-state index is -0.151. The molecule has 1 aliphatic heterocycles. The highest BCUT2D eigenvalue weighted by Gasteiger charge is 2.34. The van der Waals surface area contributed by atoms with Gasteiger partial charge in [-0.15, -0.1) is 0 Å². The van der Waals surface area contributed by atoms with E-state index in [0.717, 1.165) is 17.0 Å². The molecule has 7 heteroatoms. The molecule has 0 spiro atoms. The van der Waals surface area contributed by atoms with Crippen LogP contribution in [0.5, 0.6) is 5.75 Å². The van der Waals surface area contributed by atoms with Crippen LogP contribution in [0.1, 0.15) is 5.56 Å². The Bertz CT molecular complexity index is 1160. The first-order chi connectivity index (χ1) is 15.2. The largest absolute Gasteiger partial charge is 0.490 e. The van der Waals surface area contributed by atoms with Gasteiger partial charge in [0.15, 0.2) is 10.3 Å². The van der Waals surface area contributed by atoms with E-state index in [1.54, 1.807) is 29.3 Å². The van der Waals surface area contributed by atoms with Gasteiger partial charge in [-0.05, 0) is 59.8 Å². The number of rotatable bonds is 6. The zero-order valence-corrected chi connectivity index (χ0v) is 18.0. The number of benzene rings is 2. The SMILES string of the molecule is C=CCOc1ccc(/C=C2\SC(=Nc3cccnc3Cl)N(c3ccccc3)C2=O)cc1. The Balaban J connectivity index is 1.69. The molecule has 1 aromatic heterocycles. The topological polar surface area (TPSA) is 54.8 Å². The first-order valence-corrected chi connectivity index (χ1v) is 10.7. The third-order valence-electron chi connectivity index (χ3n) is 4.32. The second-order valence-electron chi connectivity index (χ2n) is 6.46. The number of ether oxygens (including phenoxy) is 1. The lowest BCUT2D eigenvalue weighted by Crippen LogP contribution is -2.28. The third kappa shape index (κ3) is 4.87. The van der Waals surface area contributed by atoms with Crippen molar-refractivity contribution in [2.75, 3.05) is 11.5 Å². The molecule has 154 valence electrons. The Morgan fingerprint density at radius 2 is 1.87 bits per heavy atom. The molecule has 0 saturated carbocycles. The van der Waals surface area contributed by atoms with Crippen molar-refractivity contribution in [1.29, 1.82) is 0 Å². The quantitative estimate of drug-likeness (QED) is 0.260. The van der Waals surface area contributed by atoms with Gasteiger partial charge in [-0.1, -0.05) is 54.6 Å². The molecular weight excluding hydrogens is 430 g/mol. The van der Waals surface area contributed by atoms with E-state index in [4.69, 9.17) is 16.3 Å². The normalized spacial score (nSPS) is 16.2. The fourth-order valence-corrected chi connectivity index (χ4v) is 4.04. The van der Waals surface area contributed by atoms with Crippen molar-refractivity contribution in [3.63, 3.8) is 0 Å². The number of halogens is 1. The lowest BCUT2D eigenvalue weighted by molar-refractivity contribution is -0.113. The first-order valence-electron chi connectivity index (χ1n) is 9.48. The van der Waals surface area contributed by atoms with Crippen LogP contribution in [0.3, 0.4) is 0 Å². The zero-order valence-electron chi connectivity index (χ0n) is 16.4. The second kappa shape index (κ2) is 9.64. The second-order valence-corrected chi connectivity index (χ2v) is 7.83. The highest BCUT2D eigenvalue weighted by Crippen LogP contribution is 2.38. The monoisotopic (exact) mass is 447 g/mol. The van der Waals surface area contributed by atoms with Crippen molar-refractivity contribution in [3.8, 4) is 5.75 Å². The third-order valence-corrected chi connectivity index (χ3v) is 5.58. The van der Waals surface area contributed by atoms with Crippen LogP contribution in [0.2, 0.25) is 5.15 Å². The summed E-state index contributed by atoms with van der Waals surface area (Å²) in [5.74, 6) is 0.591. The van der Waals surface area contributed by atoms with Crippen molar-refractivity contribution < 1.29 is 9.53 Å². The number of pyridine rings is 1. The summed E-state index contributed by atoms with van der Waals surface area (Å²) in [7, 11) is 0. The first kappa shape index (κ1) is 20.9. The van der Waals surface area contributed by atoms with E-state index in [1.807, 2.05) is 60.7 Å². The average molecular weight is 448 g/mol. The lowest BCUT2D eigenvalue weighted by Gasteiger charge is -2.15. The minimum absolute atomic E-state index is 0.151. The number of carbonyl (C=O) groups is 1. The van der Waals surface area contributed by atoms with Gasteiger partial charge in [0, 0.05) is 6.20 Å². The molecule has 1 saturated heterocycles. The maximum absolute atomic E-state index is 13.3. The molecule has 1 amide bonds. The molecule has 0 N–H and O–H groups in total. The van der Waals surface area contributed by atoms with Gasteiger partial charge < -0.3 is 4.74 Å². The number of thioether (sulfide) groups is 1. The molecule has 4 rings (SSSR count). The molecule has 1 aliphatic rings. The summed E-state index contributed by atoms with van der Waals surface area (Å²) in [6, 6.07) is 20.4. The number of carbonyl (C=O) groups excluding carboxylic acids is 1. The summed E-state index contributed by atoms with van der Waals surface area (Å²) in [5, 5.41) is 0.798. The number of amidine groups is 1. The van der Waals surface area contributed by atoms with Gasteiger partial charge in [-0.25, -0.2) is 9.98 Å². The van der Waals surface area contributed by atoms with Crippen molar-refractivity contribution in [2.45, 2.75) is 0 Å². The van der Waals surface area contributed by atoms with Crippen LogP contribution in [0.4, 0.5) is 11.4 Å². The summed E-state index contributed by atoms with van der Waals surface area (Å²) in [5.41, 5.74) is 2.12. The minimum Gasteiger partial charge on any atom is -0.490 e. The van der Waals surface area contributed by atoms with Gasteiger partial charge in [0.05, 0.1) is 10.6 Å². The lowest BCUT2D eigenvalue weighted by atomic mass is 10.2. The van der Waals surface area contributed by atoms with Crippen LogP contribution in [0.15, 0.2) is 95.5 Å². The number of aromatic nitrogens is 1. The van der Waals surface area contributed by atoms with Gasteiger partial charge in [-0.3, -0.25) is 9.69 Å². The molecule has 0 radical (unpaired) electrons. The average Bonchev–Trinajstić information content (AvgIpc) is 3.10. The number of anilines is 1. The number of hydrogen-bond donors (Lipinski definition) is 0. The van der Waals surface area contributed by atoms with Crippen LogP contribution in [0.25, 0.3) is 6.08 Å². The highest BCUT2D eigenvalue weighted by molar-refractivity contribution is 8.19. The number of para-hydroxylation sites is 1. The number of hydrogen-bond acceptors (Lipinski definition) is 5. The van der Waals surface area contributed by atoms with E-state index in [-0.39, 0.29) is 11.1 Å². The predicted molar refractivity (Wildman–Crippen MR) is 128 cm³/mol. The van der Waals surface area contributed by atoms with Crippen LogP contribution in [-0.4, -0.2) is 22.7 Å². The molecular formula is C24H18ClN3O2S. The molecule has 31 heavy (non-hydrogen) atoms. The highest BCUT2D eigenvalue weighted by atomic mass is 35.5. The van der Waals surface area contributed by atoms with Crippen LogP contribution >= 0.6 is 23.4 Å². The van der Waals surface area contributed by atoms with E-state index in [9.17, 15) is 4.79 Å². The van der Waals surface area contributed by atoms with Crippen molar-refractivity contribution in [2.24, 2.45) is 4.99 Å². The predicted octanol–water partition coefficient (Wildman–Crippen LogP) is 6.11. The van der Waals surface area contributed by atoms with Crippen LogP contribution < -0.4 is 9.64 Å². The molecule has 3 aromatic rings. The Morgan fingerprint density at radius 1 is 1.10 bits per heavy atom. The maximum atomic E-state index is 13.3. The molecule has 2 aromatic carbocycles. The fraction of sp³-hybridized carbons (Fsp3) is 0.0417. The Hall–Kier alpha value is -3.35. The summed E-state index contributed by atoms with van der Waals surface area (Å²) >= 11 is 7.48. The van der Waals surface area contributed by atoms with Gasteiger partial charge in [0.1, 0.15) is 18.0 Å². The molecule has 0 atom stereocenters. The van der Waals surface area contributed by atoms with Gasteiger partial charge in [0.25, 0.3) is 5.91 Å². The molecule has 5 nitrogen and oxygen atoms in total. The van der Waals surface area contributed by atoms with Gasteiger partial charge >= 0.3 is 0 Å². The standard InChI is InChI=1S/C24H18ClN3O2S/c1-2-15-30-19-12-10-17(11-13-19)16-21-23(29)28(18-7-4-3-5-8-18)24(31-21)27-20-9-6-14-26-22(20)25/h2-14,16H,1,15H2/b21-16-,27-24?. The summed E-state index contributed by atoms with van der Waals surface area (Å²) in [6.45, 7) is 4.08. The van der Waals surface area contributed by atoms with Crippen molar-refractivity contribution in [1.82, 2.24) is 4.98 Å². The number of nitrogens with zero attached hydrogens (tertiary/aromatic N) is 3. The molecule has 2 heterocycles. The van der Waals surface area contributed by atoms with E-state index >= 15 is 0 Å². The molecule has 0 unspecified atom stereocenters. The zero-order chi connectivity index (χ0) is 21.6. The maximum Gasteiger partial charge on any atom is 0.271 e. The van der Waals surface area contributed by atoms with E-state index in [2.05, 4.69) is 16.6 Å². The van der Waals surface area contributed by atoms with Gasteiger partial charge in [-0.2, -0.15) is 0 Å². The summed E-state index contributed by atoms with van der Waals surface area (Å²) in [6.07, 6.45) is 5.13. The Labute approximate surface area is 189 Å². The smallest absolute Gasteiger partial charge is 0.271 e. The van der Waals surface area contributed by atoms with Crippen LogP contribution in [0, 0.1) is 0 Å². The molecule has 1 fully saturated rings. The Kier molecular flexibility index (Phi) is 6.50.